The molecule has 1 aliphatic heterocycles. The van der Waals surface area contributed by atoms with Crippen LogP contribution in [-0.4, -0.2) is 96.0 Å². The van der Waals surface area contributed by atoms with Gasteiger partial charge < -0.3 is 34.3 Å². The number of unbranched alkanes of at least 4 members (excludes halogenated alkanes) is 19. The number of esters is 2. The Morgan fingerprint density at radius 1 is 0.600 bits per heavy atom. The van der Waals surface area contributed by atoms with E-state index in [4.69, 9.17) is 18.9 Å². The van der Waals surface area contributed by atoms with E-state index in [1.54, 1.807) is 0 Å². The molecule has 1 fully saturated rings. The molecule has 0 bridgehead atoms. The van der Waals surface area contributed by atoms with Crippen molar-refractivity contribution in [1.29, 1.82) is 0 Å². The molecular formula is C42H76O12S. The van der Waals surface area contributed by atoms with Gasteiger partial charge in [0.15, 0.2) is 12.4 Å². The molecule has 1 saturated heterocycles. The number of rotatable bonds is 35. The predicted molar refractivity (Wildman–Crippen MR) is 215 cm³/mol. The molecule has 0 spiro atoms. The van der Waals surface area contributed by atoms with E-state index in [0.717, 1.165) is 57.8 Å². The maximum atomic E-state index is 12.8. The van der Waals surface area contributed by atoms with Crippen LogP contribution in [0, 0.1) is 0 Å². The second kappa shape index (κ2) is 33.1. The van der Waals surface area contributed by atoms with Crippen molar-refractivity contribution in [3.05, 3.63) is 24.3 Å². The third-order valence-corrected chi connectivity index (χ3v) is 10.5. The van der Waals surface area contributed by atoms with Crippen LogP contribution in [0.3, 0.4) is 0 Å². The van der Waals surface area contributed by atoms with Crippen molar-refractivity contribution < 1.29 is 56.8 Å². The minimum atomic E-state index is -4.60. The zero-order valence-corrected chi connectivity index (χ0v) is 34.9. The van der Waals surface area contributed by atoms with Crippen molar-refractivity contribution in [2.45, 2.75) is 211 Å². The Kier molecular flexibility index (Phi) is 30.8. The summed E-state index contributed by atoms with van der Waals surface area (Å²) in [7, 11) is -4.60. The Balaban J connectivity index is 2.47. The lowest BCUT2D eigenvalue weighted by atomic mass is 10.00. The summed E-state index contributed by atoms with van der Waals surface area (Å²) in [5.41, 5.74) is 0. The van der Waals surface area contributed by atoms with Gasteiger partial charge in [0.05, 0.1) is 6.61 Å². The van der Waals surface area contributed by atoms with Crippen LogP contribution in [0.25, 0.3) is 0 Å². The summed E-state index contributed by atoms with van der Waals surface area (Å²) in [6, 6.07) is 0. The maximum absolute atomic E-state index is 12.8. The van der Waals surface area contributed by atoms with E-state index in [1.807, 2.05) is 0 Å². The average Bonchev–Trinajstić information content (AvgIpc) is 3.14. The molecular weight excluding hydrogens is 729 g/mol. The molecule has 1 rings (SSSR count). The molecule has 322 valence electrons. The SMILES string of the molecule is CCCC/C=C/CCCCCCCCCCCC(=O)OC[C@H](CO[C@H]1O[C@H](CS(=O)(=O)O)[C@@H](O)C(O)C1O)OC(=O)CCCCCCC/C=C/CCCCC. The van der Waals surface area contributed by atoms with Gasteiger partial charge in [0, 0.05) is 12.8 Å². The fraction of sp³-hybridized carbons (Fsp3) is 0.857. The molecule has 0 aromatic heterocycles. The zero-order valence-electron chi connectivity index (χ0n) is 34.0. The third kappa shape index (κ3) is 28.2. The number of hydrogen-bond acceptors (Lipinski definition) is 11. The second-order valence-electron chi connectivity index (χ2n) is 15.0. The molecule has 12 nitrogen and oxygen atoms in total. The maximum Gasteiger partial charge on any atom is 0.306 e. The molecule has 0 aromatic carbocycles. The number of carbonyl (C=O) groups is 2. The Hall–Kier alpha value is -1.87. The van der Waals surface area contributed by atoms with E-state index < -0.39 is 71.2 Å². The number of hydrogen-bond donors (Lipinski definition) is 4. The first kappa shape index (κ1) is 51.1. The summed E-state index contributed by atoms with van der Waals surface area (Å²) in [5.74, 6) is -1.99. The molecule has 0 radical (unpaired) electrons. The van der Waals surface area contributed by atoms with Crippen molar-refractivity contribution in [3.8, 4) is 0 Å². The van der Waals surface area contributed by atoms with Gasteiger partial charge in [-0.05, 0) is 57.8 Å². The van der Waals surface area contributed by atoms with E-state index >= 15 is 0 Å². The van der Waals surface area contributed by atoms with Crippen LogP contribution in [0.2, 0.25) is 0 Å². The summed E-state index contributed by atoms with van der Waals surface area (Å²) >= 11 is 0. The summed E-state index contributed by atoms with van der Waals surface area (Å²) < 4.78 is 53.9. The van der Waals surface area contributed by atoms with Crippen molar-refractivity contribution in [3.63, 3.8) is 0 Å². The Morgan fingerprint density at radius 2 is 1.05 bits per heavy atom. The molecule has 1 aliphatic rings. The lowest BCUT2D eigenvalue weighted by molar-refractivity contribution is -0.297. The Morgan fingerprint density at radius 3 is 1.56 bits per heavy atom. The number of carbonyl (C=O) groups excluding carboxylic acids is 2. The van der Waals surface area contributed by atoms with E-state index in [2.05, 4.69) is 38.2 Å². The van der Waals surface area contributed by atoms with Gasteiger partial charge >= 0.3 is 11.9 Å². The zero-order chi connectivity index (χ0) is 40.6. The van der Waals surface area contributed by atoms with Crippen molar-refractivity contribution in [2.75, 3.05) is 19.0 Å². The van der Waals surface area contributed by atoms with Crippen LogP contribution < -0.4 is 0 Å². The molecule has 0 saturated carbocycles. The van der Waals surface area contributed by atoms with Gasteiger partial charge in [-0.1, -0.05) is 128 Å². The van der Waals surface area contributed by atoms with Gasteiger partial charge in [-0.2, -0.15) is 8.42 Å². The summed E-state index contributed by atoms with van der Waals surface area (Å²) in [6.07, 6.45) is 25.1. The molecule has 4 N–H and O–H groups in total. The Bertz CT molecular complexity index is 1130. The van der Waals surface area contributed by atoms with E-state index in [0.29, 0.717) is 12.8 Å². The Labute approximate surface area is 332 Å². The van der Waals surface area contributed by atoms with Gasteiger partial charge in [0.1, 0.15) is 36.8 Å². The number of allylic oxidation sites excluding steroid dienone is 4. The number of ether oxygens (including phenoxy) is 4. The number of aliphatic hydroxyl groups is 3. The first-order valence-corrected chi connectivity index (χ1v) is 23.0. The molecule has 0 aliphatic carbocycles. The van der Waals surface area contributed by atoms with Crippen LogP contribution in [0.15, 0.2) is 24.3 Å². The lowest BCUT2D eigenvalue weighted by Crippen LogP contribution is -2.60. The highest BCUT2D eigenvalue weighted by Gasteiger charge is 2.46. The average molecular weight is 805 g/mol. The van der Waals surface area contributed by atoms with Gasteiger partial charge in [-0.15, -0.1) is 0 Å². The molecule has 55 heavy (non-hydrogen) atoms. The van der Waals surface area contributed by atoms with Crippen LogP contribution >= 0.6 is 0 Å². The van der Waals surface area contributed by atoms with Gasteiger partial charge in [-0.3, -0.25) is 14.1 Å². The molecule has 6 atom stereocenters. The standard InChI is InChI=1S/C42H76O12S/c1-3-5-7-9-11-13-15-17-18-19-21-22-24-26-28-30-37(43)51-32-35(33-52-42-41(47)40(46)39(45)36(54-42)34-55(48,49)50)53-38(44)31-29-27-25-23-20-16-14-12-10-8-6-4-2/h9,11-12,14,35-36,39-42,45-47H,3-8,10,13,15-34H2,1-2H3,(H,48,49,50)/b11-9+,14-12+/t35-,36-,39-,40?,41?,42+/m1/s1. The van der Waals surface area contributed by atoms with Crippen molar-refractivity contribution >= 4 is 22.1 Å². The van der Waals surface area contributed by atoms with Crippen molar-refractivity contribution in [1.82, 2.24) is 0 Å². The topological polar surface area (TPSA) is 186 Å². The molecule has 1 heterocycles. The molecule has 0 aromatic rings. The minimum absolute atomic E-state index is 0.155. The van der Waals surface area contributed by atoms with Crippen LogP contribution in [0.4, 0.5) is 0 Å². The highest BCUT2D eigenvalue weighted by molar-refractivity contribution is 7.85. The van der Waals surface area contributed by atoms with Gasteiger partial charge in [0.25, 0.3) is 10.1 Å². The quantitative estimate of drug-likeness (QED) is 0.0209. The predicted octanol–water partition coefficient (Wildman–Crippen LogP) is 8.06. The summed E-state index contributed by atoms with van der Waals surface area (Å²) in [5, 5.41) is 30.8. The van der Waals surface area contributed by atoms with Crippen LogP contribution in [0.1, 0.15) is 174 Å². The van der Waals surface area contributed by atoms with Crippen molar-refractivity contribution in [2.24, 2.45) is 0 Å². The van der Waals surface area contributed by atoms with Gasteiger partial charge in [0.2, 0.25) is 0 Å². The fourth-order valence-corrected chi connectivity index (χ4v) is 7.05. The normalized spacial score (nSPS) is 21.0. The third-order valence-electron chi connectivity index (χ3n) is 9.75. The van der Waals surface area contributed by atoms with E-state index in [9.17, 15) is 37.9 Å². The van der Waals surface area contributed by atoms with E-state index in [1.165, 1.54) is 77.0 Å². The minimum Gasteiger partial charge on any atom is -0.462 e. The smallest absolute Gasteiger partial charge is 0.306 e. The van der Waals surface area contributed by atoms with E-state index in [-0.39, 0.29) is 19.4 Å². The molecule has 0 amide bonds. The van der Waals surface area contributed by atoms with Crippen LogP contribution in [0.5, 0.6) is 0 Å². The highest BCUT2D eigenvalue weighted by Crippen LogP contribution is 2.24. The molecule has 13 heteroatoms. The first-order chi connectivity index (χ1) is 26.5. The van der Waals surface area contributed by atoms with Gasteiger partial charge in [-0.25, -0.2) is 0 Å². The highest BCUT2D eigenvalue weighted by atomic mass is 32.2. The first-order valence-electron chi connectivity index (χ1n) is 21.4. The fourth-order valence-electron chi connectivity index (χ4n) is 6.36. The molecule has 2 unspecified atom stereocenters. The largest absolute Gasteiger partial charge is 0.462 e. The lowest BCUT2D eigenvalue weighted by Gasteiger charge is -2.40. The second-order valence-corrected chi connectivity index (χ2v) is 16.5. The number of aliphatic hydroxyl groups excluding tert-OH is 3. The monoisotopic (exact) mass is 805 g/mol. The summed E-state index contributed by atoms with van der Waals surface area (Å²) in [6.45, 7) is 3.68. The van der Waals surface area contributed by atoms with Crippen LogP contribution in [-0.2, 0) is 38.7 Å². The summed E-state index contributed by atoms with van der Waals surface area (Å²) in [4.78, 5) is 25.3.